The van der Waals surface area contributed by atoms with Crippen LogP contribution >= 0.6 is 22.6 Å². The summed E-state index contributed by atoms with van der Waals surface area (Å²) in [6.07, 6.45) is -6.39. The predicted octanol–water partition coefficient (Wildman–Crippen LogP) is 3.68. The molecule has 65 heavy (non-hydrogen) atoms. The van der Waals surface area contributed by atoms with Gasteiger partial charge in [-0.2, -0.15) is 0 Å². The van der Waals surface area contributed by atoms with Gasteiger partial charge in [0, 0.05) is 69.7 Å². The van der Waals surface area contributed by atoms with Crippen LogP contribution in [0.3, 0.4) is 0 Å². The second kappa shape index (κ2) is 22.9. The van der Waals surface area contributed by atoms with Gasteiger partial charge in [0.1, 0.15) is 23.9 Å². The number of aryl methyl sites for hydroxylation is 1. The molecule has 0 aliphatic carbocycles. The first-order valence-electron chi connectivity index (χ1n) is 23.3. The Labute approximate surface area is 401 Å². The van der Waals surface area contributed by atoms with Crippen molar-refractivity contribution in [2.24, 2.45) is 24.8 Å². The van der Waals surface area contributed by atoms with Crippen molar-refractivity contribution in [1.29, 1.82) is 0 Å². The van der Waals surface area contributed by atoms with E-state index in [2.05, 4.69) is 10.2 Å². The minimum Gasteiger partial charge on any atom is -0.448 e. The quantitative estimate of drug-likeness (QED) is 0.0878. The maximum atomic E-state index is 14.4. The second-order valence-corrected chi connectivity index (χ2v) is 21.5. The van der Waals surface area contributed by atoms with Crippen molar-refractivity contribution in [2.75, 3.05) is 47.9 Å². The lowest BCUT2D eigenvalue weighted by molar-refractivity contribution is -0.321. The first-order chi connectivity index (χ1) is 30.1. The molecule has 1 aromatic rings. The Balaban J connectivity index is 1.74. The molecule has 3 saturated heterocycles. The highest BCUT2D eigenvalue weighted by atomic mass is 127. The number of aliphatic hydroxyl groups is 4. The molecule has 376 valence electrons. The zero-order chi connectivity index (χ0) is 49.1. The van der Waals surface area contributed by atoms with Crippen LogP contribution in [-0.2, 0) is 45.0 Å². The van der Waals surface area contributed by atoms with E-state index in [-0.39, 0.29) is 43.4 Å². The summed E-state index contributed by atoms with van der Waals surface area (Å²) in [5.41, 5.74) is -1.95. The SMILES string of the molecule is CO[C@]1(C)C[C@H](O[C@H]2[C@H](C)[C@@H](O[C@@H]3O[C@H](C)C[C@H](N(C)C)[C@H]3OCCCNC(=O)c3cc(C)n(C)c3C)[C@](C)(O)C[C@@H](C)CN(C)[C@H](C)[C@@H](O)[C@](C)(O)[C@@H](I)OC(=O)[C@@H]2C)O[C@@H](C)[C@@H]1O. The molecule has 18 atom stereocenters. The number of halogens is 1. The third-order valence-electron chi connectivity index (χ3n) is 14.5. The van der Waals surface area contributed by atoms with Crippen molar-refractivity contribution < 1.29 is 63.2 Å². The number of likely N-dealkylation sites (N-methyl/N-ethyl adjacent to an activating group) is 2. The number of aromatic nitrogens is 1. The summed E-state index contributed by atoms with van der Waals surface area (Å²) in [5.74, 6) is -2.83. The van der Waals surface area contributed by atoms with Crippen LogP contribution in [0.4, 0.5) is 0 Å². The number of amides is 1. The van der Waals surface area contributed by atoms with Crippen LogP contribution in [0.2, 0.25) is 0 Å². The Morgan fingerprint density at radius 1 is 0.985 bits per heavy atom. The lowest BCUT2D eigenvalue weighted by Gasteiger charge is -2.49. The van der Waals surface area contributed by atoms with Crippen LogP contribution in [0.5, 0.6) is 0 Å². The molecule has 5 N–H and O–H groups in total. The number of rotatable bonds is 12. The van der Waals surface area contributed by atoms with E-state index in [4.69, 9.17) is 33.2 Å². The highest BCUT2D eigenvalue weighted by molar-refractivity contribution is 14.1. The van der Waals surface area contributed by atoms with Gasteiger partial charge < -0.3 is 73.3 Å². The fraction of sp³-hybridized carbons (Fsp3) is 0.872. The van der Waals surface area contributed by atoms with Crippen LogP contribution in [0, 0.1) is 31.6 Å². The fourth-order valence-electron chi connectivity index (χ4n) is 9.99. The zero-order valence-electron chi connectivity index (χ0n) is 41.9. The van der Waals surface area contributed by atoms with Crippen molar-refractivity contribution in [3.8, 4) is 0 Å². The first-order valence-corrected chi connectivity index (χ1v) is 24.5. The Morgan fingerprint density at radius 3 is 2.22 bits per heavy atom. The lowest BCUT2D eigenvalue weighted by Crippen LogP contribution is -2.61. The molecule has 0 unspecified atom stereocenters. The normalized spacial score (nSPS) is 42.0. The van der Waals surface area contributed by atoms with Gasteiger partial charge in [-0.25, -0.2) is 0 Å². The van der Waals surface area contributed by atoms with Crippen molar-refractivity contribution in [3.63, 3.8) is 0 Å². The van der Waals surface area contributed by atoms with Crippen molar-refractivity contribution in [2.45, 2.75) is 190 Å². The van der Waals surface area contributed by atoms with Crippen LogP contribution in [0.25, 0.3) is 0 Å². The molecule has 17 nitrogen and oxygen atoms in total. The molecular weight excluding hydrogens is 955 g/mol. The number of cyclic esters (lactones) is 1. The average molecular weight is 1040 g/mol. The van der Waals surface area contributed by atoms with Crippen LogP contribution in [-0.4, -0.2) is 183 Å². The van der Waals surface area contributed by atoms with Crippen LogP contribution < -0.4 is 5.32 Å². The summed E-state index contributed by atoms with van der Waals surface area (Å²) in [5, 5.41) is 50.2. The number of carbonyl (C=O) groups excluding carboxylic acids is 2. The number of nitrogens with one attached hydrogen (secondary N) is 1. The smallest absolute Gasteiger partial charge is 0.312 e. The Kier molecular flexibility index (Phi) is 19.8. The largest absolute Gasteiger partial charge is 0.448 e. The summed E-state index contributed by atoms with van der Waals surface area (Å²) in [4.78, 5) is 31.4. The highest BCUT2D eigenvalue weighted by Crippen LogP contribution is 2.41. The van der Waals surface area contributed by atoms with Gasteiger partial charge >= 0.3 is 5.97 Å². The topological polar surface area (TPSA) is 203 Å². The maximum absolute atomic E-state index is 14.4. The monoisotopic (exact) mass is 1040 g/mol. The molecule has 0 aromatic carbocycles. The molecule has 0 bridgehead atoms. The highest BCUT2D eigenvalue weighted by Gasteiger charge is 2.53. The minimum absolute atomic E-state index is 0.119. The van der Waals surface area contributed by atoms with E-state index in [0.29, 0.717) is 31.5 Å². The van der Waals surface area contributed by atoms with Gasteiger partial charge in [0.05, 0.1) is 47.1 Å². The number of hydrogen-bond donors (Lipinski definition) is 5. The molecule has 18 heteroatoms. The summed E-state index contributed by atoms with van der Waals surface area (Å²) < 4.78 is 46.1. The first kappa shape index (κ1) is 56.1. The Hall–Kier alpha value is -1.53. The van der Waals surface area contributed by atoms with Crippen molar-refractivity contribution in [3.05, 3.63) is 23.0 Å². The van der Waals surface area contributed by atoms with Gasteiger partial charge in [-0.05, 0) is 137 Å². The Bertz CT molecular complexity index is 1720. The molecule has 4 rings (SSSR count). The van der Waals surface area contributed by atoms with Gasteiger partial charge in [-0.3, -0.25) is 9.59 Å². The maximum Gasteiger partial charge on any atom is 0.312 e. The van der Waals surface area contributed by atoms with E-state index in [1.165, 1.54) is 14.0 Å². The van der Waals surface area contributed by atoms with Gasteiger partial charge in [0.2, 0.25) is 0 Å². The lowest BCUT2D eigenvalue weighted by atomic mass is 9.77. The van der Waals surface area contributed by atoms with Crippen LogP contribution in [0.1, 0.15) is 110 Å². The van der Waals surface area contributed by atoms with E-state index >= 15 is 0 Å². The second-order valence-electron chi connectivity index (χ2n) is 20.4. The molecule has 0 radical (unpaired) electrons. The van der Waals surface area contributed by atoms with E-state index in [1.807, 2.05) is 101 Å². The van der Waals surface area contributed by atoms with E-state index in [9.17, 15) is 30.0 Å². The number of ether oxygens (including phenoxy) is 7. The van der Waals surface area contributed by atoms with E-state index < -0.39 is 94.0 Å². The molecule has 1 aromatic heterocycles. The van der Waals surface area contributed by atoms with Gasteiger partial charge in [-0.1, -0.05) is 13.8 Å². The number of alkyl halides is 1. The van der Waals surface area contributed by atoms with E-state index in [0.717, 1.165) is 11.4 Å². The molecular formula is C47H83IN4O13. The van der Waals surface area contributed by atoms with Gasteiger partial charge in [0.25, 0.3) is 5.91 Å². The number of nitrogens with zero attached hydrogens (tertiary/aromatic N) is 3. The molecule has 0 spiro atoms. The average Bonchev–Trinajstić information content (AvgIpc) is 3.48. The van der Waals surface area contributed by atoms with Gasteiger partial charge in [0.15, 0.2) is 16.7 Å². The molecule has 3 fully saturated rings. The van der Waals surface area contributed by atoms with Gasteiger partial charge in [-0.15, -0.1) is 0 Å². The molecule has 4 heterocycles. The van der Waals surface area contributed by atoms with E-state index in [1.54, 1.807) is 34.6 Å². The van der Waals surface area contributed by atoms with Crippen LogP contribution in [0.15, 0.2) is 6.07 Å². The number of hydrogen-bond acceptors (Lipinski definition) is 15. The van der Waals surface area contributed by atoms with Crippen molar-refractivity contribution >= 4 is 34.5 Å². The summed E-state index contributed by atoms with van der Waals surface area (Å²) in [7, 11) is 9.24. The Morgan fingerprint density at radius 2 is 1.63 bits per heavy atom. The number of aliphatic hydroxyl groups excluding tert-OH is 2. The number of methoxy groups -OCH3 is 1. The number of esters is 1. The standard InChI is InChI=1S/C47H83IN4O13/c1-25-22-45(9,57)40(64-43-37(34(50(12)13)21-27(3)61-43)60-19-17-18-49-41(55)33-20-26(2)52(15)30(33)6)28(4)36(63-35-23-46(10,59-16)39(54)32(8)62-35)29(5)42(56)65-44(48)47(11,58)38(53)31(7)51(14)24-25/h20,25,27-29,31-32,34-40,43-44,53-54,57-58H,17-19,21-24H2,1-16H3,(H,49,55)/t25-,27-,28+,29-,31-,32+,34+,35+,36+,37-,38-,39+,40-,43+,44+,45-,46-,47+/m1/s1. The number of carbonyl (C=O) groups is 2. The summed E-state index contributed by atoms with van der Waals surface area (Å²) in [6.45, 7) is 20.9. The molecule has 3 aliphatic heterocycles. The molecule has 1 amide bonds. The zero-order valence-corrected chi connectivity index (χ0v) is 44.0. The minimum atomic E-state index is -1.84. The summed E-state index contributed by atoms with van der Waals surface area (Å²) >= 11 is 1.84. The molecule has 3 aliphatic rings. The predicted molar refractivity (Wildman–Crippen MR) is 253 cm³/mol. The third kappa shape index (κ3) is 13.2. The third-order valence-corrected chi connectivity index (χ3v) is 16.0. The fourth-order valence-corrected chi connectivity index (χ4v) is 10.6. The van der Waals surface area contributed by atoms with Crippen molar-refractivity contribution in [1.82, 2.24) is 19.7 Å². The summed E-state index contributed by atoms with van der Waals surface area (Å²) in [6, 6.07) is 1.17. The molecule has 0 saturated carbocycles.